The third-order valence-corrected chi connectivity index (χ3v) is 12.3. The molecule has 1 aliphatic heterocycles. The van der Waals surface area contributed by atoms with Gasteiger partial charge in [-0.2, -0.15) is 29.0 Å². The van der Waals surface area contributed by atoms with Crippen LogP contribution in [0.5, 0.6) is 0 Å². The second kappa shape index (κ2) is 12.2. The molecular weight excluding hydrogens is 662 g/mol. The van der Waals surface area contributed by atoms with Crippen molar-refractivity contribution < 1.29 is 23.0 Å². The summed E-state index contributed by atoms with van der Waals surface area (Å²) in [6.07, 6.45) is -2.09. The van der Waals surface area contributed by atoms with Crippen LogP contribution in [0, 0.1) is 45.3 Å². The topological polar surface area (TPSA) is 104 Å². The van der Waals surface area contributed by atoms with Gasteiger partial charge in [-0.25, -0.2) is 0 Å². The molecule has 5 aromatic rings. The van der Waals surface area contributed by atoms with Crippen LogP contribution in [0.2, 0.25) is 0 Å². The molecule has 1 saturated heterocycles. The minimum Gasteiger partial charge on any atom is -0.473 e. The number of anilines is 1. The summed E-state index contributed by atoms with van der Waals surface area (Å²) in [6, 6.07) is 24.4. The van der Waals surface area contributed by atoms with Crippen LogP contribution in [0.25, 0.3) is 35.3 Å². The molecule has 0 aliphatic carbocycles. The number of fused-ring (bicyclic) bond motifs is 3. The average molecular weight is 687 g/mol. The fourth-order valence-electron chi connectivity index (χ4n) is 6.11. The van der Waals surface area contributed by atoms with Crippen molar-refractivity contribution in [2.45, 2.75) is 18.7 Å². The number of aliphatic hydroxyl groups excluding tert-OH is 1. The zero-order valence-electron chi connectivity index (χ0n) is 25.0. The van der Waals surface area contributed by atoms with Crippen molar-refractivity contribution >= 4 is 64.6 Å². The Bertz CT molecular complexity index is 2150. The van der Waals surface area contributed by atoms with Gasteiger partial charge in [0.1, 0.15) is 23.8 Å². The number of hydrogen-bond acceptors (Lipinski definition) is 9. The molecule has 0 radical (unpaired) electrons. The third kappa shape index (κ3) is 5.17. The lowest BCUT2D eigenvalue weighted by Gasteiger charge is -2.42. The van der Waals surface area contributed by atoms with Crippen molar-refractivity contribution in [3.63, 3.8) is 0 Å². The largest absolute Gasteiger partial charge is 0.473 e. The lowest BCUT2D eigenvalue weighted by Crippen LogP contribution is -2.53. The van der Waals surface area contributed by atoms with E-state index in [4.69, 9.17) is 4.74 Å². The first-order chi connectivity index (χ1) is 22.5. The summed E-state index contributed by atoms with van der Waals surface area (Å²) in [5, 5.41) is 38.6. The number of halogens is 3. The van der Waals surface area contributed by atoms with E-state index in [1.165, 1.54) is 48.6 Å². The summed E-state index contributed by atoms with van der Waals surface area (Å²) in [6.45, 7) is 1.90. The first-order valence-corrected chi connectivity index (χ1v) is 16.8. The van der Waals surface area contributed by atoms with Gasteiger partial charge < -0.3 is 14.7 Å². The average Bonchev–Trinajstić information content (AvgIpc) is 3.79. The zero-order valence-corrected chi connectivity index (χ0v) is 27.4. The third-order valence-electron chi connectivity index (χ3n) is 8.53. The maximum absolute atomic E-state index is 15.3. The molecule has 3 atom stereocenters. The van der Waals surface area contributed by atoms with E-state index in [0.717, 1.165) is 34.9 Å². The van der Waals surface area contributed by atoms with E-state index in [0.29, 0.717) is 11.4 Å². The quantitative estimate of drug-likeness (QED) is 0.171. The molecule has 12 heteroatoms. The van der Waals surface area contributed by atoms with Crippen LogP contribution in [-0.4, -0.2) is 31.5 Å². The highest BCUT2D eigenvalue weighted by Gasteiger charge is 2.75. The van der Waals surface area contributed by atoms with Gasteiger partial charge in [-0.05, 0) is 42.8 Å². The Balaban J connectivity index is 1.42. The van der Waals surface area contributed by atoms with Gasteiger partial charge in [0.2, 0.25) is 5.60 Å². The van der Waals surface area contributed by atoms with E-state index in [2.05, 4.69) is 6.07 Å². The molecule has 6 rings (SSSR count). The minimum absolute atomic E-state index is 0.0665. The van der Waals surface area contributed by atoms with Crippen LogP contribution >= 0.6 is 34.0 Å². The fourth-order valence-corrected chi connectivity index (χ4v) is 10.0. The lowest BCUT2D eigenvalue weighted by molar-refractivity contribution is -0.286. The van der Waals surface area contributed by atoms with Gasteiger partial charge in [-0.1, -0.05) is 48.5 Å². The molecule has 4 heterocycles. The van der Waals surface area contributed by atoms with E-state index < -0.39 is 34.4 Å². The summed E-state index contributed by atoms with van der Waals surface area (Å²) in [7, 11) is 1.92. The molecule has 1 fully saturated rings. The first-order valence-electron chi connectivity index (χ1n) is 14.3. The van der Waals surface area contributed by atoms with Crippen LogP contribution in [0.3, 0.4) is 0 Å². The number of benzene rings is 2. The maximum atomic E-state index is 15.3. The number of alkyl halides is 3. The predicted octanol–water partition coefficient (Wildman–Crippen LogP) is 9.22. The molecule has 3 unspecified atom stereocenters. The number of aliphatic hydroxyl groups is 1. The van der Waals surface area contributed by atoms with Gasteiger partial charge in [-0.3, -0.25) is 0 Å². The number of allylic oxidation sites excluding steroid dienone is 2. The van der Waals surface area contributed by atoms with Gasteiger partial charge in [-0.15, -0.1) is 34.0 Å². The van der Waals surface area contributed by atoms with E-state index in [1.54, 1.807) is 47.0 Å². The molecule has 0 bridgehead atoms. The van der Waals surface area contributed by atoms with Crippen molar-refractivity contribution in [3.8, 4) is 28.6 Å². The highest BCUT2D eigenvalue weighted by Crippen LogP contribution is 2.65. The Labute approximate surface area is 280 Å². The van der Waals surface area contributed by atoms with Crippen molar-refractivity contribution in [2.24, 2.45) is 11.3 Å². The minimum atomic E-state index is -5.03. The fraction of sp³-hybridized carbons (Fsp3) is 0.229. The van der Waals surface area contributed by atoms with Crippen LogP contribution in [0.4, 0.5) is 18.9 Å². The second-order valence-electron chi connectivity index (χ2n) is 11.2. The van der Waals surface area contributed by atoms with Crippen LogP contribution in [-0.2, 0) is 10.3 Å². The van der Waals surface area contributed by atoms with Crippen molar-refractivity contribution in [1.29, 1.82) is 15.8 Å². The summed E-state index contributed by atoms with van der Waals surface area (Å²) >= 11 is 4.69. The standard InChI is InChI=1S/C35H25F3N4O2S3/c1-33(26(20-41)30(22(18-39)19-40)44-34(33,35(36,37)38)23-6-4-3-5-7-23)13-12-25-16-28-31(45-25)32-29(46-28)17-27(47-32)21-8-10-24(11-9-21)42(2)14-15-43/h3-13,16-17,26,43H,14-15H2,1-2H3/b13-12+. The SMILES string of the molecule is CN(CCO)c1ccc(-c2cc3sc4cc(/C=C/C5(C)C(C#N)C(=C(C#N)C#N)OC5(c5ccccc5)C(F)(F)F)sc4c3s2)cc1. The van der Waals surface area contributed by atoms with Gasteiger partial charge in [0.05, 0.1) is 27.5 Å². The maximum Gasteiger partial charge on any atom is 0.433 e. The van der Waals surface area contributed by atoms with E-state index in [-0.39, 0.29) is 12.2 Å². The number of nitriles is 3. The molecule has 1 aliphatic rings. The smallest absolute Gasteiger partial charge is 0.433 e. The van der Waals surface area contributed by atoms with Crippen LogP contribution < -0.4 is 4.90 Å². The molecule has 47 heavy (non-hydrogen) atoms. The number of ether oxygens (including phenoxy) is 1. The Kier molecular flexibility index (Phi) is 8.38. The molecule has 1 N–H and O–H groups in total. The monoisotopic (exact) mass is 686 g/mol. The van der Waals surface area contributed by atoms with E-state index in [9.17, 15) is 20.9 Å². The summed E-state index contributed by atoms with van der Waals surface area (Å²) in [5.41, 5.74) is -3.94. The summed E-state index contributed by atoms with van der Waals surface area (Å²) < 4.78 is 55.9. The Morgan fingerprint density at radius 3 is 2.26 bits per heavy atom. The predicted molar refractivity (Wildman–Crippen MR) is 181 cm³/mol. The number of likely N-dealkylation sites (N-methyl/N-ethyl adjacent to an activating group) is 1. The lowest BCUT2D eigenvalue weighted by atomic mass is 9.63. The second-order valence-corrected chi connectivity index (χ2v) is 14.4. The van der Waals surface area contributed by atoms with Crippen molar-refractivity contribution in [2.75, 3.05) is 25.1 Å². The van der Waals surface area contributed by atoms with Gasteiger partial charge in [0.25, 0.3) is 0 Å². The van der Waals surface area contributed by atoms with Gasteiger partial charge in [0.15, 0.2) is 5.57 Å². The molecule has 0 spiro atoms. The molecule has 0 saturated carbocycles. The molecule has 0 amide bonds. The molecule has 6 nitrogen and oxygen atoms in total. The number of rotatable bonds is 7. The number of thiophene rings is 3. The van der Waals surface area contributed by atoms with Crippen LogP contribution in [0.15, 0.2) is 84.1 Å². The molecule has 2 aromatic carbocycles. The first kappa shape index (κ1) is 32.3. The van der Waals surface area contributed by atoms with Gasteiger partial charge >= 0.3 is 6.18 Å². The number of hydrogen-bond donors (Lipinski definition) is 1. The number of nitrogens with zero attached hydrogens (tertiary/aromatic N) is 4. The molecular formula is C35H25F3N4O2S3. The highest BCUT2D eigenvalue weighted by molar-refractivity contribution is 7.39. The summed E-state index contributed by atoms with van der Waals surface area (Å²) in [4.78, 5) is 3.75. The van der Waals surface area contributed by atoms with E-state index in [1.807, 2.05) is 48.3 Å². The Hall–Kier alpha value is -4.64. The highest BCUT2D eigenvalue weighted by atomic mass is 32.1. The van der Waals surface area contributed by atoms with Gasteiger partial charge in [0, 0.05) is 44.0 Å². The summed E-state index contributed by atoms with van der Waals surface area (Å²) in [5.74, 6) is -2.16. The molecule has 3 aromatic heterocycles. The Morgan fingerprint density at radius 1 is 0.979 bits per heavy atom. The molecule has 236 valence electrons. The Morgan fingerprint density at radius 2 is 1.64 bits per heavy atom. The van der Waals surface area contributed by atoms with Crippen molar-refractivity contribution in [3.05, 3.63) is 94.6 Å². The normalized spacial score (nSPS) is 21.1. The van der Waals surface area contributed by atoms with Crippen LogP contribution in [0.1, 0.15) is 17.4 Å². The van der Waals surface area contributed by atoms with Crippen molar-refractivity contribution in [1.82, 2.24) is 0 Å². The zero-order chi connectivity index (χ0) is 33.6. The van der Waals surface area contributed by atoms with E-state index >= 15 is 13.2 Å².